The summed E-state index contributed by atoms with van der Waals surface area (Å²) in [5.41, 5.74) is 0.836. The van der Waals surface area contributed by atoms with Crippen molar-refractivity contribution in [2.45, 2.75) is 6.92 Å². The van der Waals surface area contributed by atoms with Crippen LogP contribution in [0.4, 0.5) is 17.6 Å². The van der Waals surface area contributed by atoms with E-state index < -0.39 is 0 Å². The highest BCUT2D eigenvalue weighted by atomic mass is 79.9. The van der Waals surface area contributed by atoms with Crippen LogP contribution >= 0.6 is 31.9 Å². The molecule has 0 aliphatic carbocycles. The molecule has 106 valence electrons. The van der Waals surface area contributed by atoms with Crippen molar-refractivity contribution in [3.05, 3.63) is 27.1 Å². The molecule has 0 radical (unpaired) electrons. The normalized spacial score (nSPS) is 10.2. The van der Waals surface area contributed by atoms with Gasteiger partial charge >= 0.3 is 6.01 Å². The fourth-order valence-corrected chi connectivity index (χ4v) is 2.67. The Morgan fingerprint density at radius 2 is 1.75 bits per heavy atom. The molecule has 20 heavy (non-hydrogen) atoms. The molecule has 0 spiro atoms. The third-order valence-corrected chi connectivity index (χ3v) is 3.65. The SMILES string of the molecule is CCNc1nc(Nc2c(Br)cccc2Br)nc(OC)n1. The summed E-state index contributed by atoms with van der Waals surface area (Å²) in [5.74, 6) is 0.866. The number of ether oxygens (including phenoxy) is 1. The van der Waals surface area contributed by atoms with E-state index in [1.54, 1.807) is 0 Å². The third-order valence-electron chi connectivity index (χ3n) is 2.33. The lowest BCUT2D eigenvalue weighted by Crippen LogP contribution is -2.08. The molecular formula is C12H13Br2N5O. The molecule has 0 aliphatic heterocycles. The monoisotopic (exact) mass is 401 g/mol. The van der Waals surface area contributed by atoms with Crippen LogP contribution < -0.4 is 15.4 Å². The van der Waals surface area contributed by atoms with Crippen molar-refractivity contribution in [3.8, 4) is 6.01 Å². The summed E-state index contributed by atoms with van der Waals surface area (Å²) in [7, 11) is 1.52. The number of anilines is 3. The van der Waals surface area contributed by atoms with Gasteiger partial charge in [-0.15, -0.1) is 0 Å². The largest absolute Gasteiger partial charge is 0.467 e. The summed E-state index contributed by atoms with van der Waals surface area (Å²) >= 11 is 6.96. The van der Waals surface area contributed by atoms with Gasteiger partial charge in [0.15, 0.2) is 0 Å². The zero-order chi connectivity index (χ0) is 14.5. The van der Waals surface area contributed by atoms with Crippen molar-refractivity contribution in [3.63, 3.8) is 0 Å². The Morgan fingerprint density at radius 1 is 1.10 bits per heavy atom. The maximum atomic E-state index is 5.07. The first-order chi connectivity index (χ1) is 9.63. The van der Waals surface area contributed by atoms with Gasteiger partial charge in [0.1, 0.15) is 0 Å². The highest BCUT2D eigenvalue weighted by Gasteiger charge is 2.10. The molecule has 6 nitrogen and oxygen atoms in total. The lowest BCUT2D eigenvalue weighted by Gasteiger charge is -2.11. The zero-order valence-corrected chi connectivity index (χ0v) is 14.1. The quantitative estimate of drug-likeness (QED) is 0.796. The fraction of sp³-hybridized carbons (Fsp3) is 0.250. The number of hydrogen-bond acceptors (Lipinski definition) is 6. The van der Waals surface area contributed by atoms with Crippen LogP contribution in [0.3, 0.4) is 0 Å². The van der Waals surface area contributed by atoms with E-state index in [0.29, 0.717) is 18.4 Å². The number of nitrogens with one attached hydrogen (secondary N) is 2. The number of halogens is 2. The Labute approximate surface area is 133 Å². The molecular weight excluding hydrogens is 390 g/mol. The number of hydrogen-bond donors (Lipinski definition) is 2. The molecule has 0 atom stereocenters. The number of aromatic nitrogens is 3. The Balaban J connectivity index is 2.35. The summed E-state index contributed by atoms with van der Waals surface area (Å²) < 4.78 is 6.87. The van der Waals surface area contributed by atoms with E-state index in [9.17, 15) is 0 Å². The molecule has 1 aromatic heterocycles. The first kappa shape index (κ1) is 15.0. The molecule has 0 saturated heterocycles. The minimum atomic E-state index is 0.252. The predicted molar refractivity (Wildman–Crippen MR) is 85.7 cm³/mol. The van der Waals surface area contributed by atoms with Crippen molar-refractivity contribution in [1.29, 1.82) is 0 Å². The number of benzene rings is 1. The predicted octanol–water partition coefficient (Wildman–Crippen LogP) is 3.58. The Kier molecular flexibility index (Phi) is 5.13. The summed E-state index contributed by atoms with van der Waals surface area (Å²) in [6.45, 7) is 2.68. The van der Waals surface area contributed by atoms with E-state index in [0.717, 1.165) is 14.6 Å². The molecule has 0 aliphatic rings. The van der Waals surface area contributed by atoms with Crippen LogP contribution in [0.5, 0.6) is 6.01 Å². The summed E-state index contributed by atoms with van der Waals surface area (Å²) in [4.78, 5) is 12.6. The van der Waals surface area contributed by atoms with Crippen molar-refractivity contribution < 1.29 is 4.74 Å². The number of rotatable bonds is 5. The van der Waals surface area contributed by atoms with Gasteiger partial charge in [-0.2, -0.15) is 15.0 Å². The average Bonchev–Trinajstić information content (AvgIpc) is 2.43. The van der Waals surface area contributed by atoms with Crippen molar-refractivity contribution >= 4 is 49.4 Å². The van der Waals surface area contributed by atoms with Gasteiger partial charge in [0, 0.05) is 15.5 Å². The molecule has 1 heterocycles. The molecule has 2 aromatic rings. The molecule has 1 aromatic carbocycles. The average molecular weight is 403 g/mol. The Hall–Kier alpha value is -1.41. The van der Waals surface area contributed by atoms with Crippen LogP contribution in [0.2, 0.25) is 0 Å². The maximum absolute atomic E-state index is 5.07. The van der Waals surface area contributed by atoms with Gasteiger partial charge in [-0.05, 0) is 50.9 Å². The molecule has 0 saturated carbocycles. The van der Waals surface area contributed by atoms with E-state index in [-0.39, 0.29) is 6.01 Å². The van der Waals surface area contributed by atoms with Gasteiger partial charge in [-0.3, -0.25) is 0 Å². The van der Waals surface area contributed by atoms with Crippen LogP contribution in [0.25, 0.3) is 0 Å². The Morgan fingerprint density at radius 3 is 2.35 bits per heavy atom. The minimum absolute atomic E-state index is 0.252. The minimum Gasteiger partial charge on any atom is -0.467 e. The summed E-state index contributed by atoms with van der Waals surface area (Å²) in [6.07, 6.45) is 0. The summed E-state index contributed by atoms with van der Waals surface area (Å²) in [5, 5.41) is 6.17. The number of nitrogens with zero attached hydrogens (tertiary/aromatic N) is 3. The van der Waals surface area contributed by atoms with Gasteiger partial charge in [-0.1, -0.05) is 6.07 Å². The van der Waals surface area contributed by atoms with E-state index in [1.165, 1.54) is 7.11 Å². The maximum Gasteiger partial charge on any atom is 0.322 e. The molecule has 0 fully saturated rings. The molecule has 0 amide bonds. The van der Waals surface area contributed by atoms with Crippen LogP contribution in [-0.4, -0.2) is 28.6 Å². The number of methoxy groups -OCH3 is 1. The number of para-hydroxylation sites is 1. The standard InChI is InChI=1S/C12H13Br2N5O/c1-3-15-10-17-11(19-12(18-10)20-2)16-9-7(13)5-4-6-8(9)14/h4-6H,3H2,1-2H3,(H2,15,16,17,18,19). The van der Waals surface area contributed by atoms with E-state index in [4.69, 9.17) is 4.74 Å². The topological polar surface area (TPSA) is 72.0 Å². The molecule has 2 N–H and O–H groups in total. The van der Waals surface area contributed by atoms with Gasteiger partial charge < -0.3 is 15.4 Å². The van der Waals surface area contributed by atoms with Crippen LogP contribution in [0.1, 0.15) is 6.92 Å². The molecule has 0 bridgehead atoms. The van der Waals surface area contributed by atoms with Crippen molar-refractivity contribution in [2.24, 2.45) is 0 Å². The fourth-order valence-electron chi connectivity index (χ4n) is 1.47. The Bertz CT molecular complexity index is 588. The highest BCUT2D eigenvalue weighted by Crippen LogP contribution is 2.32. The lowest BCUT2D eigenvalue weighted by molar-refractivity contribution is 0.379. The molecule has 0 unspecified atom stereocenters. The van der Waals surface area contributed by atoms with Gasteiger partial charge in [0.25, 0.3) is 0 Å². The lowest BCUT2D eigenvalue weighted by atomic mass is 10.3. The second-order valence-corrected chi connectivity index (χ2v) is 5.43. The van der Waals surface area contributed by atoms with Crippen LogP contribution in [0, 0.1) is 0 Å². The first-order valence-corrected chi connectivity index (χ1v) is 7.47. The van der Waals surface area contributed by atoms with Gasteiger partial charge in [-0.25, -0.2) is 0 Å². The highest BCUT2D eigenvalue weighted by molar-refractivity contribution is 9.11. The molecule has 8 heteroatoms. The third kappa shape index (κ3) is 3.57. The van der Waals surface area contributed by atoms with Crippen LogP contribution in [-0.2, 0) is 0 Å². The summed E-state index contributed by atoms with van der Waals surface area (Å²) in [6, 6.07) is 6.03. The zero-order valence-electron chi connectivity index (χ0n) is 10.9. The second-order valence-electron chi connectivity index (χ2n) is 3.72. The smallest absolute Gasteiger partial charge is 0.322 e. The second kappa shape index (κ2) is 6.85. The molecule has 2 rings (SSSR count). The van der Waals surface area contributed by atoms with E-state index >= 15 is 0 Å². The first-order valence-electron chi connectivity index (χ1n) is 5.89. The van der Waals surface area contributed by atoms with Crippen LogP contribution in [0.15, 0.2) is 27.1 Å². The van der Waals surface area contributed by atoms with E-state index in [1.807, 2.05) is 25.1 Å². The van der Waals surface area contributed by atoms with Gasteiger partial charge in [0.2, 0.25) is 11.9 Å². The van der Waals surface area contributed by atoms with Gasteiger partial charge in [0.05, 0.1) is 12.8 Å². The van der Waals surface area contributed by atoms with Crippen molar-refractivity contribution in [2.75, 3.05) is 24.3 Å². The van der Waals surface area contributed by atoms with Crippen molar-refractivity contribution in [1.82, 2.24) is 15.0 Å². The van der Waals surface area contributed by atoms with E-state index in [2.05, 4.69) is 57.4 Å².